The predicted molar refractivity (Wildman–Crippen MR) is 54.3 cm³/mol. The first-order valence-corrected chi connectivity index (χ1v) is 4.87. The molecule has 1 rings (SSSR count). The number of aliphatic hydroxyl groups excluding tert-OH is 2. The van der Waals surface area contributed by atoms with Gasteiger partial charge in [0.1, 0.15) is 5.15 Å². The van der Waals surface area contributed by atoms with Crippen LogP contribution >= 0.6 is 11.6 Å². The number of aliphatic hydroxyl groups is 2. The minimum absolute atomic E-state index is 0.0405. The van der Waals surface area contributed by atoms with Crippen LogP contribution in [-0.4, -0.2) is 33.2 Å². The monoisotopic (exact) mass is 218 g/mol. The highest BCUT2D eigenvalue weighted by atomic mass is 35.5. The van der Waals surface area contributed by atoms with Crippen LogP contribution in [0.2, 0.25) is 5.15 Å². The molecule has 0 unspecified atom stereocenters. The lowest BCUT2D eigenvalue weighted by Gasteiger charge is -2.09. The van der Waals surface area contributed by atoms with E-state index >= 15 is 0 Å². The first kappa shape index (κ1) is 11.5. The van der Waals surface area contributed by atoms with Crippen molar-refractivity contribution >= 4 is 11.6 Å². The highest BCUT2D eigenvalue weighted by Crippen LogP contribution is 2.21. The Kier molecular flexibility index (Phi) is 3.92. The minimum atomic E-state index is -0.157. The summed E-state index contributed by atoms with van der Waals surface area (Å²) in [5.74, 6) is -0.157. The Morgan fingerprint density at radius 3 is 2.36 bits per heavy atom. The van der Waals surface area contributed by atoms with Gasteiger partial charge < -0.3 is 10.2 Å². The molecular weight excluding hydrogens is 204 g/mol. The summed E-state index contributed by atoms with van der Waals surface area (Å²) in [4.78, 5) is 0. The molecule has 0 saturated carbocycles. The molecule has 2 N–H and O–H groups in total. The number of halogens is 1. The summed E-state index contributed by atoms with van der Waals surface area (Å²) in [5, 5.41) is 22.6. The maximum atomic E-state index is 8.95. The van der Waals surface area contributed by atoms with Crippen molar-refractivity contribution in [3.05, 3.63) is 16.4 Å². The third-order valence-electron chi connectivity index (χ3n) is 2.28. The minimum Gasteiger partial charge on any atom is -0.396 e. The van der Waals surface area contributed by atoms with Gasteiger partial charge in [-0.1, -0.05) is 11.6 Å². The van der Waals surface area contributed by atoms with Crippen molar-refractivity contribution in [2.75, 3.05) is 13.2 Å². The van der Waals surface area contributed by atoms with Crippen molar-refractivity contribution in [1.29, 1.82) is 0 Å². The zero-order valence-corrected chi connectivity index (χ0v) is 9.12. The van der Waals surface area contributed by atoms with E-state index in [0.717, 1.165) is 11.3 Å². The molecule has 0 aliphatic rings. The lowest BCUT2D eigenvalue weighted by molar-refractivity contribution is 0.150. The molecule has 14 heavy (non-hydrogen) atoms. The largest absolute Gasteiger partial charge is 0.396 e. The molecule has 1 aromatic rings. The van der Waals surface area contributed by atoms with Crippen molar-refractivity contribution in [2.24, 2.45) is 13.0 Å². The molecule has 0 bridgehead atoms. The highest BCUT2D eigenvalue weighted by Gasteiger charge is 2.15. The van der Waals surface area contributed by atoms with Crippen LogP contribution in [-0.2, 0) is 13.5 Å². The second-order valence-electron chi connectivity index (χ2n) is 3.41. The average Bonchev–Trinajstić information content (AvgIpc) is 2.40. The predicted octanol–water partition coefficient (Wildman–Crippen LogP) is 0.525. The van der Waals surface area contributed by atoms with Gasteiger partial charge in [0, 0.05) is 31.7 Å². The van der Waals surface area contributed by atoms with Crippen LogP contribution in [0.5, 0.6) is 0 Å². The smallest absolute Gasteiger partial charge is 0.130 e. The molecule has 80 valence electrons. The normalized spacial score (nSPS) is 11.3. The number of aromatic nitrogens is 2. The molecular formula is C9H15ClN2O2. The van der Waals surface area contributed by atoms with E-state index in [1.54, 1.807) is 11.7 Å². The van der Waals surface area contributed by atoms with Gasteiger partial charge in [0.05, 0.1) is 5.69 Å². The number of hydrogen-bond acceptors (Lipinski definition) is 3. The van der Waals surface area contributed by atoms with Gasteiger partial charge in [-0.05, 0) is 13.3 Å². The average molecular weight is 219 g/mol. The summed E-state index contributed by atoms with van der Waals surface area (Å²) in [7, 11) is 1.77. The van der Waals surface area contributed by atoms with Gasteiger partial charge in [0.25, 0.3) is 0 Å². The molecule has 1 heterocycles. The van der Waals surface area contributed by atoms with E-state index < -0.39 is 0 Å². The van der Waals surface area contributed by atoms with Gasteiger partial charge in [0.2, 0.25) is 0 Å². The fourth-order valence-corrected chi connectivity index (χ4v) is 1.63. The SMILES string of the molecule is Cc1nn(C)c(Cl)c1CC(CO)CO. The van der Waals surface area contributed by atoms with Crippen LogP contribution in [0.15, 0.2) is 0 Å². The van der Waals surface area contributed by atoms with Crippen LogP contribution in [0.3, 0.4) is 0 Å². The zero-order chi connectivity index (χ0) is 10.7. The second-order valence-corrected chi connectivity index (χ2v) is 3.77. The fourth-order valence-electron chi connectivity index (χ4n) is 1.38. The molecule has 0 amide bonds. The maximum Gasteiger partial charge on any atom is 0.130 e. The van der Waals surface area contributed by atoms with Gasteiger partial charge in [-0.2, -0.15) is 5.10 Å². The lowest BCUT2D eigenvalue weighted by Crippen LogP contribution is -2.14. The lowest BCUT2D eigenvalue weighted by atomic mass is 10.0. The second kappa shape index (κ2) is 4.77. The Labute approximate surface area is 88.1 Å². The van der Waals surface area contributed by atoms with E-state index in [1.807, 2.05) is 6.92 Å². The van der Waals surface area contributed by atoms with E-state index in [4.69, 9.17) is 21.8 Å². The van der Waals surface area contributed by atoms with Crippen LogP contribution in [0.4, 0.5) is 0 Å². The summed E-state index contributed by atoms with van der Waals surface area (Å²) in [6.07, 6.45) is 0.561. The van der Waals surface area contributed by atoms with Gasteiger partial charge in [-0.3, -0.25) is 4.68 Å². The van der Waals surface area contributed by atoms with E-state index in [0.29, 0.717) is 11.6 Å². The number of hydrogen-bond donors (Lipinski definition) is 2. The first-order valence-electron chi connectivity index (χ1n) is 4.49. The van der Waals surface area contributed by atoms with Gasteiger partial charge in [0.15, 0.2) is 0 Å². The summed E-state index contributed by atoms with van der Waals surface area (Å²) >= 11 is 6.01. The fraction of sp³-hybridized carbons (Fsp3) is 0.667. The molecule has 0 saturated heterocycles. The summed E-state index contributed by atoms with van der Waals surface area (Å²) in [6.45, 7) is 1.79. The van der Waals surface area contributed by atoms with Gasteiger partial charge in [-0.25, -0.2) is 0 Å². The number of nitrogens with zero attached hydrogens (tertiary/aromatic N) is 2. The Morgan fingerprint density at radius 1 is 1.43 bits per heavy atom. The molecule has 0 aliphatic heterocycles. The molecule has 0 fully saturated rings. The quantitative estimate of drug-likeness (QED) is 0.775. The van der Waals surface area contributed by atoms with Gasteiger partial charge in [-0.15, -0.1) is 0 Å². The van der Waals surface area contributed by atoms with E-state index in [1.165, 1.54) is 0 Å². The van der Waals surface area contributed by atoms with Crippen LogP contribution in [0, 0.1) is 12.8 Å². The molecule has 1 aromatic heterocycles. The molecule has 0 aliphatic carbocycles. The number of aryl methyl sites for hydroxylation is 2. The Hall–Kier alpha value is -0.580. The summed E-state index contributed by atoms with van der Waals surface area (Å²) in [6, 6.07) is 0. The van der Waals surface area contributed by atoms with E-state index in [9.17, 15) is 0 Å². The standard InChI is InChI=1S/C9H15ClN2O2/c1-6-8(3-7(4-13)5-14)9(10)12(2)11-6/h7,13-14H,3-5H2,1-2H3. The number of rotatable bonds is 4. The third-order valence-corrected chi connectivity index (χ3v) is 2.75. The van der Waals surface area contributed by atoms with Crippen molar-refractivity contribution < 1.29 is 10.2 Å². The Bertz CT molecular complexity index is 308. The highest BCUT2D eigenvalue weighted by molar-refractivity contribution is 6.30. The Balaban J connectivity index is 2.84. The topological polar surface area (TPSA) is 58.3 Å². The van der Waals surface area contributed by atoms with Gasteiger partial charge >= 0.3 is 0 Å². The van der Waals surface area contributed by atoms with Crippen LogP contribution < -0.4 is 0 Å². The maximum absolute atomic E-state index is 8.95. The third kappa shape index (κ3) is 2.26. The van der Waals surface area contributed by atoms with Crippen molar-refractivity contribution in [3.8, 4) is 0 Å². The van der Waals surface area contributed by atoms with Crippen molar-refractivity contribution in [1.82, 2.24) is 9.78 Å². The summed E-state index contributed by atoms with van der Waals surface area (Å²) in [5.41, 5.74) is 1.76. The molecule has 0 spiro atoms. The van der Waals surface area contributed by atoms with Crippen molar-refractivity contribution in [2.45, 2.75) is 13.3 Å². The van der Waals surface area contributed by atoms with Crippen LogP contribution in [0.1, 0.15) is 11.3 Å². The molecule has 0 atom stereocenters. The van der Waals surface area contributed by atoms with Crippen molar-refractivity contribution in [3.63, 3.8) is 0 Å². The van der Waals surface area contributed by atoms with Crippen LogP contribution in [0.25, 0.3) is 0 Å². The zero-order valence-electron chi connectivity index (χ0n) is 8.37. The molecule has 5 heteroatoms. The summed E-state index contributed by atoms with van der Waals surface area (Å²) < 4.78 is 1.60. The Morgan fingerprint density at radius 2 is 2.00 bits per heavy atom. The molecule has 4 nitrogen and oxygen atoms in total. The van der Waals surface area contributed by atoms with E-state index in [2.05, 4.69) is 5.10 Å². The molecule has 0 radical (unpaired) electrons. The first-order chi connectivity index (χ1) is 6.60. The van der Waals surface area contributed by atoms with E-state index in [-0.39, 0.29) is 19.1 Å². The molecule has 0 aromatic carbocycles.